The largest absolute Gasteiger partial charge is 0.465 e. The Morgan fingerprint density at radius 1 is 1.53 bits per heavy atom. The number of nitrogens with zero attached hydrogens (tertiary/aromatic N) is 1. The van der Waals surface area contributed by atoms with Crippen molar-refractivity contribution in [2.75, 3.05) is 13.6 Å². The maximum Gasteiger partial charge on any atom is 0.407 e. The van der Waals surface area contributed by atoms with E-state index >= 15 is 0 Å². The molecule has 0 heterocycles. The van der Waals surface area contributed by atoms with E-state index in [0.29, 0.717) is 10.6 Å². The van der Waals surface area contributed by atoms with Crippen LogP contribution in [-0.2, 0) is 0 Å². The molecule has 0 aromatic heterocycles. The first-order chi connectivity index (χ1) is 7.91. The number of carboxylic acid groups (broad SMARTS) is 1. The summed E-state index contributed by atoms with van der Waals surface area (Å²) in [4.78, 5) is 11.8. The van der Waals surface area contributed by atoms with E-state index in [0.717, 1.165) is 4.90 Å². The van der Waals surface area contributed by atoms with Gasteiger partial charge in [0.25, 0.3) is 0 Å². The molecule has 17 heavy (non-hydrogen) atoms. The molecule has 0 fully saturated rings. The average Bonchev–Trinajstić information content (AvgIpc) is 2.27. The van der Waals surface area contributed by atoms with Gasteiger partial charge in [0.05, 0.1) is 6.10 Å². The maximum atomic E-state index is 10.7. The average molecular weight is 258 g/mol. The summed E-state index contributed by atoms with van der Waals surface area (Å²) >= 11 is 5.83. The molecule has 0 bridgehead atoms. The number of aliphatic hydroxyl groups is 1. The topological polar surface area (TPSA) is 60.8 Å². The predicted octanol–water partition coefficient (Wildman–Crippen LogP) is 2.62. The number of carbonyl (C=O) groups is 1. The lowest BCUT2D eigenvalue weighted by molar-refractivity contribution is 0.0901. The quantitative estimate of drug-likeness (QED) is 0.872. The van der Waals surface area contributed by atoms with E-state index in [-0.39, 0.29) is 12.5 Å². The number of rotatable bonds is 4. The van der Waals surface area contributed by atoms with E-state index in [1.807, 2.05) is 0 Å². The fourth-order valence-electron chi connectivity index (χ4n) is 1.63. The molecule has 2 N–H and O–H groups in total. The Morgan fingerprint density at radius 3 is 2.71 bits per heavy atom. The van der Waals surface area contributed by atoms with Crippen LogP contribution >= 0.6 is 11.6 Å². The summed E-state index contributed by atoms with van der Waals surface area (Å²) in [6.45, 7) is 2.06. The van der Waals surface area contributed by atoms with Gasteiger partial charge in [0.15, 0.2) is 0 Å². The lowest BCUT2D eigenvalue weighted by Crippen LogP contribution is -2.31. The molecule has 0 radical (unpaired) electrons. The lowest BCUT2D eigenvalue weighted by Gasteiger charge is -2.23. The second kappa shape index (κ2) is 5.89. The smallest absolute Gasteiger partial charge is 0.407 e. The van der Waals surface area contributed by atoms with Gasteiger partial charge in [-0.2, -0.15) is 0 Å². The van der Waals surface area contributed by atoms with Gasteiger partial charge in [-0.1, -0.05) is 30.7 Å². The van der Waals surface area contributed by atoms with Crippen LogP contribution in [0.4, 0.5) is 4.79 Å². The van der Waals surface area contributed by atoms with Crippen LogP contribution in [0.2, 0.25) is 5.02 Å². The molecule has 0 aliphatic carbocycles. The van der Waals surface area contributed by atoms with Crippen molar-refractivity contribution in [3.63, 3.8) is 0 Å². The van der Waals surface area contributed by atoms with Gasteiger partial charge in [-0.25, -0.2) is 4.79 Å². The number of benzene rings is 1. The van der Waals surface area contributed by atoms with Crippen LogP contribution in [0.15, 0.2) is 24.3 Å². The molecule has 0 saturated heterocycles. The third-order valence-electron chi connectivity index (χ3n) is 2.62. The van der Waals surface area contributed by atoms with E-state index in [9.17, 15) is 9.90 Å². The first-order valence-electron chi connectivity index (χ1n) is 5.29. The SMILES string of the molecule is C[C@H](CN(C)C(=O)O)[C@@H](O)c1cccc(Cl)c1. The van der Waals surface area contributed by atoms with Crippen LogP contribution in [0.1, 0.15) is 18.6 Å². The van der Waals surface area contributed by atoms with Crippen molar-refractivity contribution < 1.29 is 15.0 Å². The van der Waals surface area contributed by atoms with Crippen molar-refractivity contribution >= 4 is 17.7 Å². The Labute approximate surface area is 105 Å². The molecule has 1 aromatic carbocycles. The zero-order chi connectivity index (χ0) is 13.0. The summed E-state index contributed by atoms with van der Waals surface area (Å²) in [7, 11) is 1.48. The minimum atomic E-state index is -1.00. The number of halogens is 1. The molecule has 0 aliphatic rings. The fraction of sp³-hybridized carbons (Fsp3) is 0.417. The normalized spacial score (nSPS) is 14.1. The van der Waals surface area contributed by atoms with Gasteiger partial charge >= 0.3 is 6.09 Å². The standard InChI is InChI=1S/C12H16ClNO3/c1-8(7-14(2)12(16)17)11(15)9-4-3-5-10(13)6-9/h3-6,8,11,15H,7H2,1-2H3,(H,16,17)/t8-,11-/m1/s1. The van der Waals surface area contributed by atoms with Crippen LogP contribution in [-0.4, -0.2) is 34.8 Å². The highest BCUT2D eigenvalue weighted by molar-refractivity contribution is 6.30. The number of hydrogen-bond donors (Lipinski definition) is 2. The van der Waals surface area contributed by atoms with Gasteiger partial charge in [-0.3, -0.25) is 0 Å². The molecule has 1 aromatic rings. The van der Waals surface area contributed by atoms with Crippen molar-refractivity contribution in [2.45, 2.75) is 13.0 Å². The van der Waals surface area contributed by atoms with Crippen LogP contribution in [0.25, 0.3) is 0 Å². The molecule has 5 heteroatoms. The fourth-order valence-corrected chi connectivity index (χ4v) is 1.83. The maximum absolute atomic E-state index is 10.7. The summed E-state index contributed by atoms with van der Waals surface area (Å²) < 4.78 is 0. The molecule has 2 atom stereocenters. The highest BCUT2D eigenvalue weighted by Crippen LogP contribution is 2.24. The molecule has 0 unspecified atom stereocenters. The second-order valence-electron chi connectivity index (χ2n) is 4.14. The molecule has 0 spiro atoms. The summed E-state index contributed by atoms with van der Waals surface area (Å²) in [5.41, 5.74) is 0.698. The van der Waals surface area contributed by atoms with Gasteiger partial charge in [0.2, 0.25) is 0 Å². The van der Waals surface area contributed by atoms with E-state index in [1.165, 1.54) is 7.05 Å². The van der Waals surface area contributed by atoms with E-state index in [1.54, 1.807) is 31.2 Å². The van der Waals surface area contributed by atoms with E-state index in [4.69, 9.17) is 16.7 Å². The van der Waals surface area contributed by atoms with Gasteiger partial charge < -0.3 is 15.1 Å². The first-order valence-corrected chi connectivity index (χ1v) is 5.67. The lowest BCUT2D eigenvalue weighted by atomic mass is 9.97. The zero-order valence-corrected chi connectivity index (χ0v) is 10.6. The van der Waals surface area contributed by atoms with Crippen LogP contribution in [0.5, 0.6) is 0 Å². The monoisotopic (exact) mass is 257 g/mol. The van der Waals surface area contributed by atoms with Gasteiger partial charge in [-0.05, 0) is 17.7 Å². The van der Waals surface area contributed by atoms with E-state index in [2.05, 4.69) is 0 Å². The third-order valence-corrected chi connectivity index (χ3v) is 2.85. The van der Waals surface area contributed by atoms with E-state index < -0.39 is 12.2 Å². The summed E-state index contributed by atoms with van der Waals surface area (Å²) in [6, 6.07) is 6.94. The Hall–Kier alpha value is -1.26. The first kappa shape index (κ1) is 13.8. The molecular formula is C12H16ClNO3. The minimum Gasteiger partial charge on any atom is -0.465 e. The summed E-state index contributed by atoms with van der Waals surface area (Å²) in [6.07, 6.45) is -1.73. The third kappa shape index (κ3) is 3.91. The van der Waals surface area contributed by atoms with Crippen molar-refractivity contribution in [1.82, 2.24) is 4.90 Å². The number of hydrogen-bond acceptors (Lipinski definition) is 2. The Kier molecular flexibility index (Phi) is 4.78. The summed E-state index contributed by atoms with van der Waals surface area (Å²) in [5.74, 6) is -0.199. The van der Waals surface area contributed by atoms with Crippen molar-refractivity contribution in [1.29, 1.82) is 0 Å². The minimum absolute atomic E-state index is 0.199. The molecule has 0 saturated carbocycles. The highest BCUT2D eigenvalue weighted by Gasteiger charge is 2.20. The molecular weight excluding hydrogens is 242 g/mol. The van der Waals surface area contributed by atoms with Crippen LogP contribution in [0.3, 0.4) is 0 Å². The molecule has 1 rings (SSSR count). The van der Waals surface area contributed by atoms with Gasteiger partial charge in [-0.15, -0.1) is 0 Å². The molecule has 0 aliphatic heterocycles. The second-order valence-corrected chi connectivity index (χ2v) is 4.58. The number of amides is 1. The zero-order valence-electron chi connectivity index (χ0n) is 9.80. The van der Waals surface area contributed by atoms with Crippen LogP contribution < -0.4 is 0 Å². The molecule has 94 valence electrons. The Morgan fingerprint density at radius 2 is 2.18 bits per heavy atom. The van der Waals surface area contributed by atoms with Crippen LogP contribution in [0, 0.1) is 5.92 Å². The van der Waals surface area contributed by atoms with Gasteiger partial charge in [0.1, 0.15) is 0 Å². The molecule has 1 amide bonds. The van der Waals surface area contributed by atoms with Gasteiger partial charge in [0, 0.05) is 24.5 Å². The molecule has 4 nitrogen and oxygen atoms in total. The highest BCUT2D eigenvalue weighted by atomic mass is 35.5. The summed E-state index contributed by atoms with van der Waals surface area (Å²) in [5, 5.41) is 19.4. The van der Waals surface area contributed by atoms with Crippen molar-refractivity contribution in [3.05, 3.63) is 34.9 Å². The van der Waals surface area contributed by atoms with Crippen molar-refractivity contribution in [3.8, 4) is 0 Å². The Balaban J connectivity index is 2.69. The van der Waals surface area contributed by atoms with Crippen molar-refractivity contribution in [2.24, 2.45) is 5.92 Å². The Bertz CT molecular complexity index is 397. The number of aliphatic hydroxyl groups excluding tert-OH is 1. The predicted molar refractivity (Wildman–Crippen MR) is 66.2 cm³/mol.